The molecule has 0 aromatic heterocycles. The lowest BCUT2D eigenvalue weighted by molar-refractivity contribution is 0.0373. The lowest BCUT2D eigenvalue weighted by Crippen LogP contribution is -2.50. The fourth-order valence-corrected chi connectivity index (χ4v) is 5.51. The van der Waals surface area contributed by atoms with Gasteiger partial charge in [-0.2, -0.15) is 0 Å². The van der Waals surface area contributed by atoms with Crippen molar-refractivity contribution in [2.24, 2.45) is 5.92 Å². The predicted molar refractivity (Wildman–Crippen MR) is 153 cm³/mol. The summed E-state index contributed by atoms with van der Waals surface area (Å²) in [5.41, 5.74) is 0.720. The number of benzene rings is 3. The fourth-order valence-electron chi connectivity index (χ4n) is 4.45. The number of aliphatic hydroxyl groups is 1. The largest absolute Gasteiger partial charge is 0.485 e. The smallest absolute Gasteiger partial charge is 0.321 e. The van der Waals surface area contributed by atoms with Gasteiger partial charge in [-0.3, -0.25) is 9.52 Å². The molecule has 0 spiro atoms. The molecule has 3 amide bonds. The van der Waals surface area contributed by atoms with Crippen LogP contribution in [-0.2, 0) is 10.0 Å². The van der Waals surface area contributed by atoms with E-state index in [1.54, 1.807) is 38.2 Å². The van der Waals surface area contributed by atoms with Crippen LogP contribution in [0.5, 0.6) is 5.75 Å². The third kappa shape index (κ3) is 6.95. The molecule has 1 aliphatic rings. The Balaban J connectivity index is 1.69. The maximum atomic E-state index is 13.6. The van der Waals surface area contributed by atoms with Crippen molar-refractivity contribution in [1.29, 1.82) is 0 Å². The number of anilines is 2. The summed E-state index contributed by atoms with van der Waals surface area (Å²) in [6.45, 7) is 3.62. The number of amides is 3. The predicted octanol–water partition coefficient (Wildman–Crippen LogP) is 4.01. The van der Waals surface area contributed by atoms with Crippen LogP contribution in [0.4, 0.5) is 20.6 Å². The molecule has 0 saturated heterocycles. The first-order chi connectivity index (χ1) is 19.5. The maximum Gasteiger partial charge on any atom is 0.321 e. The van der Waals surface area contributed by atoms with E-state index < -0.39 is 33.9 Å². The van der Waals surface area contributed by atoms with Crippen LogP contribution >= 0.6 is 0 Å². The number of hydrogen-bond acceptors (Lipinski definition) is 6. The highest BCUT2D eigenvalue weighted by Crippen LogP contribution is 2.36. The summed E-state index contributed by atoms with van der Waals surface area (Å²) >= 11 is 0. The van der Waals surface area contributed by atoms with Gasteiger partial charge in [0.15, 0.2) is 5.75 Å². The van der Waals surface area contributed by atoms with Crippen LogP contribution in [0.15, 0.2) is 77.7 Å². The van der Waals surface area contributed by atoms with Gasteiger partial charge in [-0.15, -0.1) is 0 Å². The van der Waals surface area contributed by atoms with Crippen LogP contribution in [0.3, 0.4) is 0 Å². The summed E-state index contributed by atoms with van der Waals surface area (Å²) in [6, 6.07) is 16.9. The maximum absolute atomic E-state index is 13.6. The van der Waals surface area contributed by atoms with E-state index in [1.807, 2.05) is 13.0 Å². The Hall–Kier alpha value is -4.16. The summed E-state index contributed by atoms with van der Waals surface area (Å²) in [6.07, 6.45) is -0.668. The van der Waals surface area contributed by atoms with Gasteiger partial charge in [0.1, 0.15) is 11.9 Å². The second-order valence-electron chi connectivity index (χ2n) is 10.0. The molecule has 41 heavy (non-hydrogen) atoms. The van der Waals surface area contributed by atoms with E-state index >= 15 is 0 Å². The highest BCUT2D eigenvalue weighted by molar-refractivity contribution is 7.92. The van der Waals surface area contributed by atoms with Gasteiger partial charge in [0, 0.05) is 25.2 Å². The number of nitrogens with one attached hydrogen (secondary N) is 2. The van der Waals surface area contributed by atoms with E-state index in [-0.39, 0.29) is 53.5 Å². The number of halogens is 1. The number of ether oxygens (including phenoxy) is 1. The summed E-state index contributed by atoms with van der Waals surface area (Å²) in [5, 5.41) is 12.7. The average molecular weight is 585 g/mol. The molecule has 3 N–H and O–H groups in total. The van der Waals surface area contributed by atoms with Crippen molar-refractivity contribution < 1.29 is 32.2 Å². The van der Waals surface area contributed by atoms with Crippen molar-refractivity contribution in [3.63, 3.8) is 0 Å². The zero-order chi connectivity index (χ0) is 29.7. The third-order valence-corrected chi connectivity index (χ3v) is 8.27. The van der Waals surface area contributed by atoms with E-state index in [1.165, 1.54) is 28.0 Å². The van der Waals surface area contributed by atoms with Crippen molar-refractivity contribution in [3.8, 4) is 5.75 Å². The van der Waals surface area contributed by atoms with E-state index in [0.717, 1.165) is 24.3 Å². The highest BCUT2D eigenvalue weighted by atomic mass is 32.2. The number of fused-ring (bicyclic) bond motifs is 1. The molecule has 0 fully saturated rings. The van der Waals surface area contributed by atoms with Gasteiger partial charge in [-0.05, 0) is 55.5 Å². The molecule has 0 radical (unpaired) electrons. The Bertz CT molecular complexity index is 1490. The molecule has 1 aliphatic heterocycles. The van der Waals surface area contributed by atoms with Crippen molar-refractivity contribution in [2.75, 3.05) is 36.8 Å². The van der Waals surface area contributed by atoms with Gasteiger partial charge in [0.25, 0.3) is 15.9 Å². The minimum absolute atomic E-state index is 0.00673. The number of likely N-dealkylation sites (N-methyl/N-ethyl adjacent to an activating group) is 1. The molecule has 0 unspecified atom stereocenters. The van der Waals surface area contributed by atoms with Crippen molar-refractivity contribution in [2.45, 2.75) is 30.9 Å². The highest BCUT2D eigenvalue weighted by Gasteiger charge is 2.35. The number of carbonyl (C=O) groups excluding carboxylic acids is 2. The summed E-state index contributed by atoms with van der Waals surface area (Å²) in [4.78, 5) is 29.4. The van der Waals surface area contributed by atoms with E-state index in [2.05, 4.69) is 10.0 Å². The first-order valence-electron chi connectivity index (χ1n) is 13.1. The molecule has 3 atom stereocenters. The first-order valence-corrected chi connectivity index (χ1v) is 14.6. The van der Waals surface area contributed by atoms with Gasteiger partial charge in [0.05, 0.1) is 35.3 Å². The van der Waals surface area contributed by atoms with Crippen molar-refractivity contribution in [3.05, 3.63) is 84.2 Å². The zero-order valence-electron chi connectivity index (χ0n) is 23.0. The average Bonchev–Trinajstić information content (AvgIpc) is 2.95. The molecule has 3 aromatic carbocycles. The number of urea groups is 1. The fraction of sp³-hybridized carbons (Fsp3) is 0.310. The molecular weight excluding hydrogens is 551 g/mol. The number of rotatable bonds is 8. The van der Waals surface area contributed by atoms with Gasteiger partial charge < -0.3 is 25.0 Å². The van der Waals surface area contributed by atoms with Crippen LogP contribution < -0.4 is 14.8 Å². The summed E-state index contributed by atoms with van der Waals surface area (Å²) < 4.78 is 48.6. The van der Waals surface area contributed by atoms with E-state index in [4.69, 9.17) is 4.74 Å². The number of aliphatic hydroxyl groups excluding tert-OH is 1. The molecule has 0 bridgehead atoms. The molecule has 0 saturated carbocycles. The number of nitrogens with zero attached hydrogens (tertiary/aromatic N) is 2. The molecule has 0 aliphatic carbocycles. The zero-order valence-corrected chi connectivity index (χ0v) is 23.8. The molecule has 10 nitrogen and oxygen atoms in total. The third-order valence-electron chi connectivity index (χ3n) is 6.88. The Morgan fingerprint density at radius 3 is 2.46 bits per heavy atom. The molecule has 1 heterocycles. The van der Waals surface area contributed by atoms with Crippen LogP contribution in [0, 0.1) is 11.7 Å². The summed E-state index contributed by atoms with van der Waals surface area (Å²) in [7, 11) is -2.57. The lowest BCUT2D eigenvalue weighted by Gasteiger charge is -2.38. The van der Waals surface area contributed by atoms with Crippen LogP contribution in [0.1, 0.15) is 24.2 Å². The number of carbonyl (C=O) groups is 2. The number of para-hydroxylation sites is 2. The second-order valence-corrected chi connectivity index (χ2v) is 11.7. The Morgan fingerprint density at radius 2 is 1.80 bits per heavy atom. The molecule has 12 heteroatoms. The second kappa shape index (κ2) is 12.6. The van der Waals surface area contributed by atoms with Gasteiger partial charge in [0.2, 0.25) is 0 Å². The van der Waals surface area contributed by atoms with Gasteiger partial charge in [-0.25, -0.2) is 17.6 Å². The monoisotopic (exact) mass is 584 g/mol. The minimum atomic E-state index is -4.17. The molecule has 3 aromatic rings. The Labute approximate surface area is 238 Å². The van der Waals surface area contributed by atoms with E-state index in [0.29, 0.717) is 5.69 Å². The SMILES string of the molecule is C[C@H]1CN([C@@H](C)CO)C(=O)c2cccc(NS(=O)(=O)c3ccc(F)cc3)c2O[C@@H]1CN(C)C(=O)Nc1ccccc1. The molecule has 218 valence electrons. The minimum Gasteiger partial charge on any atom is -0.485 e. The van der Waals surface area contributed by atoms with Crippen molar-refractivity contribution >= 4 is 33.3 Å². The topological polar surface area (TPSA) is 128 Å². The van der Waals surface area contributed by atoms with E-state index in [9.17, 15) is 27.5 Å². The van der Waals surface area contributed by atoms with Crippen molar-refractivity contribution in [1.82, 2.24) is 9.80 Å². The number of sulfonamides is 1. The first kappa shape index (κ1) is 29.8. The van der Waals surface area contributed by atoms with Gasteiger partial charge in [-0.1, -0.05) is 31.2 Å². The standard InChI is InChI=1S/C29H33FN4O6S/c1-19-16-34(20(2)18-35)28(36)24-10-7-11-25(32-41(38,39)23-14-12-21(30)13-15-23)27(24)40-26(19)17-33(3)29(37)31-22-8-5-4-6-9-22/h4-15,19-20,26,32,35H,16-18H2,1-3H3,(H,31,37)/t19-,20-,26+/m0/s1. The lowest BCUT2D eigenvalue weighted by atomic mass is 9.99. The molecule has 4 rings (SSSR count). The normalized spacial score (nSPS) is 17.9. The Kier molecular flexibility index (Phi) is 9.14. The summed E-state index contributed by atoms with van der Waals surface area (Å²) in [5.74, 6) is -1.36. The Morgan fingerprint density at radius 1 is 1.12 bits per heavy atom. The van der Waals surface area contributed by atoms with Crippen LogP contribution in [0.25, 0.3) is 0 Å². The van der Waals surface area contributed by atoms with Gasteiger partial charge >= 0.3 is 6.03 Å². The van der Waals surface area contributed by atoms with Crippen LogP contribution in [-0.4, -0.2) is 74.2 Å². The molecular formula is C29H33FN4O6S. The quantitative estimate of drug-likeness (QED) is 0.367. The van der Waals surface area contributed by atoms with Crippen LogP contribution in [0.2, 0.25) is 0 Å². The number of hydrogen-bond donors (Lipinski definition) is 3.